The summed E-state index contributed by atoms with van der Waals surface area (Å²) in [6.45, 7) is 0. The van der Waals surface area contributed by atoms with Gasteiger partial charge >= 0.3 is 0 Å². The van der Waals surface area contributed by atoms with E-state index >= 15 is 0 Å². The molecule has 0 spiro atoms. The highest BCUT2D eigenvalue weighted by atomic mass is 32.2. The Morgan fingerprint density at radius 2 is 2.25 bits per heavy atom. The molecule has 1 N–H and O–H groups in total. The first-order valence-electron chi connectivity index (χ1n) is 4.12. The third-order valence-corrected chi connectivity index (χ3v) is 3.48. The van der Waals surface area contributed by atoms with Crippen molar-refractivity contribution in [3.63, 3.8) is 0 Å². The number of rotatable bonds is 0. The molecule has 1 saturated heterocycles. The topological polar surface area (TPSA) is 12.0 Å². The van der Waals surface area contributed by atoms with E-state index in [0.717, 1.165) is 5.88 Å². The van der Waals surface area contributed by atoms with Crippen LogP contribution in [0.25, 0.3) is 11.0 Å². The first-order chi connectivity index (χ1) is 5.95. The van der Waals surface area contributed by atoms with Crippen LogP contribution in [0.15, 0.2) is 24.3 Å². The number of hydrogen-bond donors (Lipinski definition) is 1. The Morgan fingerprint density at radius 3 is 3.25 bits per heavy atom. The number of nitrogens with one attached hydrogen (secondary N) is 1. The first-order valence-corrected chi connectivity index (χ1v) is 5.11. The Labute approximate surface area is 75.2 Å². The number of benzene rings is 1. The highest BCUT2D eigenvalue weighted by Gasteiger charge is 2.22. The second-order valence-corrected chi connectivity index (χ2v) is 4.11. The van der Waals surface area contributed by atoms with Gasteiger partial charge in [-0.15, -0.1) is 11.8 Å². The Bertz CT molecular complexity index is 435. The molecule has 1 nitrogen and oxygen atoms in total. The van der Waals surface area contributed by atoms with Crippen LogP contribution in [0.5, 0.6) is 0 Å². The molecular weight excluding hydrogens is 166 g/mol. The van der Waals surface area contributed by atoms with Gasteiger partial charge in [0, 0.05) is 10.8 Å². The Morgan fingerprint density at radius 1 is 1.33 bits per heavy atom. The lowest BCUT2D eigenvalue weighted by molar-refractivity contribution is 0.849. The Hall–Kier alpha value is -0.730. The smallest absolute Gasteiger partial charge is 0.0588 e. The zero-order chi connectivity index (χ0) is 7.97. The fraction of sp³-hybridized carbons (Fsp3) is 0.200. The summed E-state index contributed by atoms with van der Waals surface area (Å²) in [7, 11) is 0. The maximum absolute atomic E-state index is 3.44. The summed E-state index contributed by atoms with van der Waals surface area (Å²) in [6.07, 6.45) is 2.31. The summed E-state index contributed by atoms with van der Waals surface area (Å²) in [5, 5.41) is 6.25. The molecule has 1 aliphatic carbocycles. The molecule has 0 saturated carbocycles. The van der Waals surface area contributed by atoms with Gasteiger partial charge in [0.25, 0.3) is 0 Å². The van der Waals surface area contributed by atoms with Crippen molar-refractivity contribution in [3.8, 4) is 0 Å². The molecule has 0 bridgehead atoms. The van der Waals surface area contributed by atoms with E-state index in [2.05, 4.69) is 35.7 Å². The molecule has 0 aromatic heterocycles. The molecule has 1 fully saturated rings. The fourth-order valence-corrected chi connectivity index (χ4v) is 2.91. The lowest BCUT2D eigenvalue weighted by Crippen LogP contribution is -2.21. The summed E-state index contributed by atoms with van der Waals surface area (Å²) in [4.78, 5) is 1.51. The number of thioether (sulfide) groups is 1. The third kappa shape index (κ3) is 0.793. The van der Waals surface area contributed by atoms with E-state index in [9.17, 15) is 0 Å². The van der Waals surface area contributed by atoms with Gasteiger partial charge in [-0.3, -0.25) is 5.32 Å². The number of fused-ring (bicyclic) bond motifs is 2. The monoisotopic (exact) mass is 175 g/mol. The highest BCUT2D eigenvalue weighted by molar-refractivity contribution is 8.08. The molecule has 1 atom stereocenters. The average Bonchev–Trinajstić information content (AvgIpc) is 2.62. The largest absolute Gasteiger partial charge is 0.297 e. The zero-order valence-electron chi connectivity index (χ0n) is 6.58. The van der Waals surface area contributed by atoms with Gasteiger partial charge in [0.05, 0.1) is 6.04 Å². The minimum absolute atomic E-state index is 0.507. The van der Waals surface area contributed by atoms with E-state index < -0.39 is 0 Å². The average molecular weight is 175 g/mol. The summed E-state index contributed by atoms with van der Waals surface area (Å²) < 4.78 is 0. The van der Waals surface area contributed by atoms with E-state index in [0.29, 0.717) is 6.04 Å². The Balaban J connectivity index is 2.42. The molecule has 2 aliphatic rings. The molecule has 3 rings (SSSR count). The van der Waals surface area contributed by atoms with Crippen LogP contribution in [0.4, 0.5) is 0 Å². The van der Waals surface area contributed by atoms with E-state index in [4.69, 9.17) is 0 Å². The molecule has 1 aliphatic heterocycles. The zero-order valence-corrected chi connectivity index (χ0v) is 7.40. The van der Waals surface area contributed by atoms with Gasteiger partial charge in [0.15, 0.2) is 0 Å². The van der Waals surface area contributed by atoms with Crippen molar-refractivity contribution in [2.75, 3.05) is 5.88 Å². The fourth-order valence-electron chi connectivity index (χ4n) is 1.82. The van der Waals surface area contributed by atoms with Gasteiger partial charge in [0.1, 0.15) is 0 Å². The van der Waals surface area contributed by atoms with Crippen LogP contribution in [0.3, 0.4) is 0 Å². The van der Waals surface area contributed by atoms with Crippen LogP contribution in [0.2, 0.25) is 0 Å². The molecule has 1 aromatic carbocycles. The van der Waals surface area contributed by atoms with Crippen molar-refractivity contribution in [1.29, 1.82) is 0 Å². The molecular formula is C10H9NS. The highest BCUT2D eigenvalue weighted by Crippen LogP contribution is 2.27. The van der Waals surface area contributed by atoms with Gasteiger partial charge in [-0.25, -0.2) is 0 Å². The van der Waals surface area contributed by atoms with Gasteiger partial charge < -0.3 is 0 Å². The van der Waals surface area contributed by atoms with Crippen LogP contribution in [-0.2, 0) is 0 Å². The third-order valence-electron chi connectivity index (χ3n) is 2.39. The Kier molecular flexibility index (Phi) is 1.34. The predicted octanol–water partition coefficient (Wildman–Crippen LogP) is 0.251. The van der Waals surface area contributed by atoms with Gasteiger partial charge in [0.2, 0.25) is 0 Å². The lowest BCUT2D eigenvalue weighted by atomic mass is 10.3. The molecule has 1 unspecified atom stereocenters. The molecule has 1 aromatic rings. The van der Waals surface area contributed by atoms with Crippen LogP contribution in [0.1, 0.15) is 0 Å². The first kappa shape index (κ1) is 6.75. The maximum atomic E-state index is 3.44. The van der Waals surface area contributed by atoms with Crippen molar-refractivity contribution in [1.82, 2.24) is 5.32 Å². The summed E-state index contributed by atoms with van der Waals surface area (Å²) in [5.41, 5.74) is 0. The molecule has 1 heterocycles. The van der Waals surface area contributed by atoms with Crippen LogP contribution < -0.4 is 15.8 Å². The lowest BCUT2D eigenvalue weighted by Gasteiger charge is -1.97. The molecule has 0 amide bonds. The van der Waals surface area contributed by atoms with E-state index in [1.807, 2.05) is 11.8 Å². The summed E-state index contributed by atoms with van der Waals surface area (Å²) in [5.74, 6) is 1.06. The van der Waals surface area contributed by atoms with Crippen molar-refractivity contribution in [2.45, 2.75) is 6.04 Å². The van der Waals surface area contributed by atoms with E-state index in [1.54, 1.807) is 0 Å². The van der Waals surface area contributed by atoms with E-state index in [1.165, 1.54) is 15.3 Å². The number of hydrogen-bond acceptors (Lipinski definition) is 2. The maximum Gasteiger partial charge on any atom is 0.0588 e. The quantitative estimate of drug-likeness (QED) is 0.606. The van der Waals surface area contributed by atoms with Crippen LogP contribution in [0, 0.1) is 0 Å². The minimum Gasteiger partial charge on any atom is -0.297 e. The molecule has 60 valence electrons. The van der Waals surface area contributed by atoms with Crippen LogP contribution >= 0.6 is 11.8 Å². The van der Waals surface area contributed by atoms with Gasteiger partial charge in [-0.1, -0.05) is 30.3 Å². The van der Waals surface area contributed by atoms with Crippen LogP contribution in [-0.4, -0.2) is 11.9 Å². The van der Waals surface area contributed by atoms with Gasteiger partial charge in [-0.2, -0.15) is 0 Å². The molecule has 12 heavy (non-hydrogen) atoms. The SMILES string of the molecule is C1=c2ccccc2=C2SCNC12. The second kappa shape index (κ2) is 2.38. The summed E-state index contributed by atoms with van der Waals surface area (Å²) in [6, 6.07) is 9.11. The molecule has 0 radical (unpaired) electrons. The summed E-state index contributed by atoms with van der Waals surface area (Å²) >= 11 is 1.93. The molecule has 2 heteroatoms. The van der Waals surface area contributed by atoms with Crippen molar-refractivity contribution >= 4 is 22.7 Å². The van der Waals surface area contributed by atoms with Gasteiger partial charge in [-0.05, 0) is 10.4 Å². The predicted molar refractivity (Wildman–Crippen MR) is 52.9 cm³/mol. The van der Waals surface area contributed by atoms with Crippen molar-refractivity contribution in [2.24, 2.45) is 0 Å². The normalized spacial score (nSPS) is 25.0. The standard InChI is InChI=1S/C10H9NS/c1-2-4-8-7(3-1)5-9-10(8)12-6-11-9/h1-5,9,11H,6H2. The van der Waals surface area contributed by atoms with Crippen molar-refractivity contribution in [3.05, 3.63) is 34.7 Å². The second-order valence-electron chi connectivity index (χ2n) is 3.09. The minimum atomic E-state index is 0.507. The van der Waals surface area contributed by atoms with E-state index in [-0.39, 0.29) is 0 Å². The van der Waals surface area contributed by atoms with Crippen molar-refractivity contribution < 1.29 is 0 Å².